The Labute approximate surface area is 190 Å². The van der Waals surface area contributed by atoms with Gasteiger partial charge in [0.1, 0.15) is 5.82 Å². The van der Waals surface area contributed by atoms with Gasteiger partial charge in [0.05, 0.1) is 5.52 Å². The fourth-order valence-corrected chi connectivity index (χ4v) is 4.36. The molecule has 166 valence electrons. The maximum atomic E-state index is 12.6. The van der Waals surface area contributed by atoms with E-state index in [1.807, 2.05) is 49.4 Å². The molecule has 0 bridgehead atoms. The number of fused-ring (bicyclic) bond motifs is 1. The van der Waals surface area contributed by atoms with Crippen LogP contribution < -0.4 is 15.5 Å². The molecule has 0 saturated heterocycles. The van der Waals surface area contributed by atoms with Gasteiger partial charge in [0, 0.05) is 48.9 Å². The molecule has 5 heteroatoms. The third kappa shape index (κ3) is 5.28. The predicted octanol–water partition coefficient (Wildman–Crippen LogP) is 5.24. The van der Waals surface area contributed by atoms with Crippen LogP contribution >= 0.6 is 0 Å². The third-order valence-corrected chi connectivity index (χ3v) is 6.13. The highest BCUT2D eigenvalue weighted by Crippen LogP contribution is 2.29. The zero-order valence-electron chi connectivity index (χ0n) is 19.1. The first-order valence-electron chi connectivity index (χ1n) is 11.4. The highest BCUT2D eigenvalue weighted by molar-refractivity contribution is 5.97. The first-order chi connectivity index (χ1) is 15.5. The van der Waals surface area contributed by atoms with Crippen LogP contribution in [0.5, 0.6) is 0 Å². The Balaban J connectivity index is 1.34. The molecule has 0 radical (unpaired) electrons. The highest BCUT2D eigenvalue weighted by atomic mass is 16.1. The van der Waals surface area contributed by atoms with Crippen molar-refractivity contribution in [1.29, 1.82) is 0 Å². The zero-order chi connectivity index (χ0) is 22.5. The van der Waals surface area contributed by atoms with Crippen molar-refractivity contribution in [2.45, 2.75) is 44.7 Å². The number of para-hydroxylation sites is 1. The second-order valence-electron chi connectivity index (χ2n) is 8.84. The van der Waals surface area contributed by atoms with Crippen LogP contribution in [-0.4, -0.2) is 37.1 Å². The summed E-state index contributed by atoms with van der Waals surface area (Å²) in [5.41, 5.74) is 3.96. The zero-order valence-corrected chi connectivity index (χ0v) is 19.1. The van der Waals surface area contributed by atoms with Crippen LogP contribution in [-0.2, 0) is 4.79 Å². The second kappa shape index (κ2) is 9.86. The standard InChI is InChI=1S/C27H32N4O/c1-19(17-20-9-5-4-6-10-20)27(32)29-22-15-13-21(14-16-22)28-26-18-25(31(2)3)23-11-7-8-12-24(23)30-26/h4-12,17-18,21-22H,13-16H2,1-3H3,(H,28,30)(H,29,32)/b19-17+. The maximum absolute atomic E-state index is 12.6. The quantitative estimate of drug-likeness (QED) is 0.527. The molecule has 2 aromatic carbocycles. The third-order valence-electron chi connectivity index (χ3n) is 6.13. The van der Waals surface area contributed by atoms with Crippen molar-refractivity contribution in [2.75, 3.05) is 24.3 Å². The van der Waals surface area contributed by atoms with Crippen LogP contribution in [0.4, 0.5) is 11.5 Å². The number of rotatable bonds is 6. The normalized spacial score (nSPS) is 18.9. The fraction of sp³-hybridized carbons (Fsp3) is 0.333. The molecular weight excluding hydrogens is 396 g/mol. The number of nitrogens with zero attached hydrogens (tertiary/aromatic N) is 2. The molecule has 0 unspecified atom stereocenters. The maximum Gasteiger partial charge on any atom is 0.247 e. The van der Waals surface area contributed by atoms with Gasteiger partial charge in [-0.25, -0.2) is 4.98 Å². The molecule has 5 nitrogen and oxygen atoms in total. The number of nitrogens with one attached hydrogen (secondary N) is 2. The van der Waals surface area contributed by atoms with E-state index in [0.29, 0.717) is 6.04 Å². The summed E-state index contributed by atoms with van der Waals surface area (Å²) in [7, 11) is 4.13. The van der Waals surface area contributed by atoms with Gasteiger partial charge in [-0.15, -0.1) is 0 Å². The van der Waals surface area contributed by atoms with Crippen molar-refractivity contribution in [3.05, 3.63) is 71.8 Å². The first kappa shape index (κ1) is 21.9. The van der Waals surface area contributed by atoms with Gasteiger partial charge in [0.25, 0.3) is 0 Å². The van der Waals surface area contributed by atoms with E-state index in [-0.39, 0.29) is 11.9 Å². The Bertz CT molecular complexity index is 1100. The van der Waals surface area contributed by atoms with Gasteiger partial charge in [-0.3, -0.25) is 4.79 Å². The number of aromatic nitrogens is 1. The van der Waals surface area contributed by atoms with Gasteiger partial charge in [0.2, 0.25) is 5.91 Å². The topological polar surface area (TPSA) is 57.3 Å². The molecule has 0 atom stereocenters. The van der Waals surface area contributed by atoms with E-state index in [1.54, 1.807) is 0 Å². The van der Waals surface area contributed by atoms with Crippen LogP contribution in [0.3, 0.4) is 0 Å². The molecule has 1 amide bonds. The molecule has 3 aromatic rings. The summed E-state index contributed by atoms with van der Waals surface area (Å²) < 4.78 is 0. The van der Waals surface area contributed by atoms with Crippen molar-refractivity contribution in [1.82, 2.24) is 10.3 Å². The Hall–Kier alpha value is -3.34. The van der Waals surface area contributed by atoms with Gasteiger partial charge in [0.15, 0.2) is 0 Å². The van der Waals surface area contributed by atoms with Crippen LogP contribution in [0.15, 0.2) is 66.2 Å². The number of carbonyl (C=O) groups excluding carboxylic acids is 1. The predicted molar refractivity (Wildman–Crippen MR) is 134 cm³/mol. The Morgan fingerprint density at radius 3 is 2.34 bits per heavy atom. The summed E-state index contributed by atoms with van der Waals surface area (Å²) in [6, 6.07) is 20.9. The molecular formula is C27H32N4O. The van der Waals surface area contributed by atoms with E-state index in [1.165, 1.54) is 5.69 Å². The Morgan fingerprint density at radius 2 is 1.62 bits per heavy atom. The number of benzene rings is 2. The molecule has 32 heavy (non-hydrogen) atoms. The van der Waals surface area contributed by atoms with Gasteiger partial charge in [-0.2, -0.15) is 0 Å². The van der Waals surface area contributed by atoms with E-state index in [0.717, 1.165) is 53.5 Å². The molecule has 1 saturated carbocycles. The number of amides is 1. The molecule has 1 heterocycles. The van der Waals surface area contributed by atoms with Crippen molar-refractivity contribution >= 4 is 34.4 Å². The van der Waals surface area contributed by atoms with E-state index >= 15 is 0 Å². The number of hydrogen-bond donors (Lipinski definition) is 2. The first-order valence-corrected chi connectivity index (χ1v) is 11.4. The summed E-state index contributed by atoms with van der Waals surface area (Å²) in [5, 5.41) is 8.01. The second-order valence-corrected chi connectivity index (χ2v) is 8.84. The van der Waals surface area contributed by atoms with Crippen LogP contribution in [0.1, 0.15) is 38.2 Å². The van der Waals surface area contributed by atoms with Crippen LogP contribution in [0.25, 0.3) is 17.0 Å². The van der Waals surface area contributed by atoms with Crippen LogP contribution in [0, 0.1) is 0 Å². The average Bonchev–Trinajstić information content (AvgIpc) is 2.80. The lowest BCUT2D eigenvalue weighted by atomic mass is 9.91. The highest BCUT2D eigenvalue weighted by Gasteiger charge is 2.23. The molecule has 1 aliphatic rings. The van der Waals surface area contributed by atoms with Gasteiger partial charge < -0.3 is 15.5 Å². The lowest BCUT2D eigenvalue weighted by molar-refractivity contribution is -0.118. The van der Waals surface area contributed by atoms with Crippen molar-refractivity contribution in [2.24, 2.45) is 0 Å². The molecule has 1 fully saturated rings. The van der Waals surface area contributed by atoms with Gasteiger partial charge in [-0.1, -0.05) is 48.5 Å². The van der Waals surface area contributed by atoms with E-state index in [9.17, 15) is 4.79 Å². The molecule has 2 N–H and O–H groups in total. The van der Waals surface area contributed by atoms with E-state index in [2.05, 4.69) is 53.9 Å². The van der Waals surface area contributed by atoms with Crippen molar-refractivity contribution in [3.8, 4) is 0 Å². The Kier molecular flexibility index (Phi) is 6.74. The lowest BCUT2D eigenvalue weighted by Gasteiger charge is -2.30. The minimum atomic E-state index is 0.0251. The lowest BCUT2D eigenvalue weighted by Crippen LogP contribution is -2.40. The van der Waals surface area contributed by atoms with Gasteiger partial charge >= 0.3 is 0 Å². The van der Waals surface area contributed by atoms with Gasteiger partial charge in [-0.05, 0) is 50.3 Å². The molecule has 1 aliphatic carbocycles. The minimum absolute atomic E-state index is 0.0251. The smallest absolute Gasteiger partial charge is 0.247 e. The molecule has 0 aliphatic heterocycles. The SMILES string of the molecule is C/C(=C\c1ccccc1)C(=O)NC1CCC(Nc2cc(N(C)C)c3ccccc3n2)CC1. The van der Waals surface area contributed by atoms with Crippen LogP contribution in [0.2, 0.25) is 0 Å². The summed E-state index contributed by atoms with van der Waals surface area (Å²) in [5.74, 6) is 0.943. The number of anilines is 2. The van der Waals surface area contributed by atoms with E-state index in [4.69, 9.17) is 4.98 Å². The monoisotopic (exact) mass is 428 g/mol. The van der Waals surface area contributed by atoms with Crippen molar-refractivity contribution < 1.29 is 4.79 Å². The molecule has 0 spiro atoms. The van der Waals surface area contributed by atoms with Crippen molar-refractivity contribution in [3.63, 3.8) is 0 Å². The minimum Gasteiger partial charge on any atom is -0.377 e. The fourth-order valence-electron chi connectivity index (χ4n) is 4.36. The number of hydrogen-bond acceptors (Lipinski definition) is 4. The average molecular weight is 429 g/mol. The summed E-state index contributed by atoms with van der Waals surface area (Å²) in [6.07, 6.45) is 5.90. The largest absolute Gasteiger partial charge is 0.377 e. The summed E-state index contributed by atoms with van der Waals surface area (Å²) >= 11 is 0. The summed E-state index contributed by atoms with van der Waals surface area (Å²) in [6.45, 7) is 1.88. The summed E-state index contributed by atoms with van der Waals surface area (Å²) in [4.78, 5) is 19.6. The number of pyridine rings is 1. The molecule has 1 aromatic heterocycles. The number of carbonyl (C=O) groups is 1. The Morgan fingerprint density at radius 1 is 0.969 bits per heavy atom. The molecule has 4 rings (SSSR count). The van der Waals surface area contributed by atoms with E-state index < -0.39 is 0 Å².